The van der Waals surface area contributed by atoms with Gasteiger partial charge in [0.1, 0.15) is 11.9 Å². The number of carbonyl (C=O) groups is 1. The zero-order chi connectivity index (χ0) is 14.0. The third-order valence-corrected chi connectivity index (χ3v) is 3.86. The summed E-state index contributed by atoms with van der Waals surface area (Å²) in [5, 5.41) is 0. The molecule has 4 heteroatoms. The lowest BCUT2D eigenvalue weighted by Gasteiger charge is -2.26. The van der Waals surface area contributed by atoms with Crippen molar-refractivity contribution in [2.45, 2.75) is 45.6 Å². The monoisotopic (exact) mass is 265 g/mol. The number of carbonyl (C=O) groups excluding carboxylic acids is 1. The van der Waals surface area contributed by atoms with E-state index in [0.717, 1.165) is 25.7 Å². The van der Waals surface area contributed by atoms with Crippen molar-refractivity contribution in [3.05, 3.63) is 29.1 Å². The molecule has 0 heterocycles. The van der Waals surface area contributed by atoms with Crippen LogP contribution in [0.4, 0.5) is 10.1 Å². The summed E-state index contributed by atoms with van der Waals surface area (Å²) in [5.74, 6) is -0.253. The van der Waals surface area contributed by atoms with Crippen molar-refractivity contribution in [2.75, 3.05) is 5.73 Å². The first kappa shape index (κ1) is 13.8. The lowest BCUT2D eigenvalue weighted by Crippen LogP contribution is -2.23. The molecular weight excluding hydrogens is 245 g/mol. The number of hydrogen-bond acceptors (Lipinski definition) is 3. The Bertz CT molecular complexity index is 456. The van der Waals surface area contributed by atoms with Crippen LogP contribution in [-0.2, 0) is 4.74 Å². The predicted octanol–water partition coefficient (Wildman–Crippen LogP) is 3.45. The maximum absolute atomic E-state index is 13.5. The summed E-state index contributed by atoms with van der Waals surface area (Å²) in [6.45, 7) is 3.79. The Morgan fingerprint density at radius 2 is 1.95 bits per heavy atom. The van der Waals surface area contributed by atoms with Crippen molar-refractivity contribution in [3.8, 4) is 0 Å². The minimum absolute atomic E-state index is 0.0470. The van der Waals surface area contributed by atoms with Gasteiger partial charge in [-0.15, -0.1) is 0 Å². The van der Waals surface area contributed by atoms with E-state index >= 15 is 0 Å². The third kappa shape index (κ3) is 3.25. The molecule has 0 spiro atoms. The first-order valence-corrected chi connectivity index (χ1v) is 6.74. The van der Waals surface area contributed by atoms with E-state index in [0.29, 0.717) is 11.5 Å². The number of nitrogen functional groups attached to an aromatic ring is 1. The number of anilines is 1. The molecule has 0 bridgehead atoms. The lowest BCUT2D eigenvalue weighted by molar-refractivity contribution is 0.0173. The molecule has 1 aliphatic rings. The summed E-state index contributed by atoms with van der Waals surface area (Å²) in [5.41, 5.74) is 6.50. The summed E-state index contributed by atoms with van der Waals surface area (Å²) < 4.78 is 19.0. The molecule has 19 heavy (non-hydrogen) atoms. The lowest BCUT2D eigenvalue weighted by atomic mass is 9.89. The molecule has 104 valence electrons. The SMILES string of the molecule is Cc1c(N)cc(C(=O)OC2CCC(C)CC2)cc1F. The van der Waals surface area contributed by atoms with E-state index < -0.39 is 11.8 Å². The Hall–Kier alpha value is -1.58. The zero-order valence-corrected chi connectivity index (χ0v) is 11.4. The van der Waals surface area contributed by atoms with Crippen molar-refractivity contribution in [3.63, 3.8) is 0 Å². The molecule has 0 atom stereocenters. The Morgan fingerprint density at radius 3 is 2.53 bits per heavy atom. The third-order valence-electron chi connectivity index (χ3n) is 3.86. The van der Waals surface area contributed by atoms with Gasteiger partial charge < -0.3 is 10.5 Å². The minimum atomic E-state index is -0.481. The van der Waals surface area contributed by atoms with Crippen LogP contribution in [0.15, 0.2) is 12.1 Å². The van der Waals surface area contributed by atoms with E-state index in [-0.39, 0.29) is 17.4 Å². The number of benzene rings is 1. The van der Waals surface area contributed by atoms with Gasteiger partial charge in [0.15, 0.2) is 0 Å². The van der Waals surface area contributed by atoms with Crippen LogP contribution in [0.3, 0.4) is 0 Å². The molecule has 1 saturated carbocycles. The van der Waals surface area contributed by atoms with Gasteiger partial charge in [-0.1, -0.05) is 6.92 Å². The van der Waals surface area contributed by atoms with Crippen LogP contribution in [-0.4, -0.2) is 12.1 Å². The van der Waals surface area contributed by atoms with E-state index in [1.54, 1.807) is 6.92 Å². The molecule has 0 radical (unpaired) electrons. The quantitative estimate of drug-likeness (QED) is 0.658. The molecule has 0 saturated heterocycles. The smallest absolute Gasteiger partial charge is 0.338 e. The van der Waals surface area contributed by atoms with Gasteiger partial charge in [0.2, 0.25) is 0 Å². The zero-order valence-electron chi connectivity index (χ0n) is 11.4. The predicted molar refractivity (Wildman–Crippen MR) is 72.4 cm³/mol. The van der Waals surface area contributed by atoms with Crippen LogP contribution in [0.1, 0.15) is 48.5 Å². The van der Waals surface area contributed by atoms with Crippen molar-refractivity contribution < 1.29 is 13.9 Å². The van der Waals surface area contributed by atoms with Gasteiger partial charge in [-0.25, -0.2) is 9.18 Å². The molecule has 0 amide bonds. The molecule has 1 fully saturated rings. The first-order valence-electron chi connectivity index (χ1n) is 6.74. The summed E-state index contributed by atoms with van der Waals surface area (Å²) >= 11 is 0. The number of rotatable bonds is 2. The van der Waals surface area contributed by atoms with Gasteiger partial charge in [0.25, 0.3) is 0 Å². The normalized spacial score (nSPS) is 23.1. The molecule has 2 N–H and O–H groups in total. The molecule has 1 aliphatic carbocycles. The molecule has 0 unspecified atom stereocenters. The number of hydrogen-bond donors (Lipinski definition) is 1. The minimum Gasteiger partial charge on any atom is -0.459 e. The van der Waals surface area contributed by atoms with E-state index in [4.69, 9.17) is 10.5 Å². The molecule has 0 aliphatic heterocycles. The number of nitrogens with two attached hydrogens (primary N) is 1. The summed E-state index contributed by atoms with van der Waals surface area (Å²) in [7, 11) is 0. The van der Waals surface area contributed by atoms with Gasteiger partial charge in [0.05, 0.1) is 5.56 Å². The van der Waals surface area contributed by atoms with Crippen LogP contribution in [0.25, 0.3) is 0 Å². The largest absolute Gasteiger partial charge is 0.459 e. The molecule has 3 nitrogen and oxygen atoms in total. The van der Waals surface area contributed by atoms with E-state index in [2.05, 4.69) is 6.92 Å². The maximum atomic E-state index is 13.5. The second-order valence-electron chi connectivity index (χ2n) is 5.46. The van der Waals surface area contributed by atoms with E-state index in [1.165, 1.54) is 12.1 Å². The van der Waals surface area contributed by atoms with Gasteiger partial charge >= 0.3 is 5.97 Å². The van der Waals surface area contributed by atoms with E-state index in [9.17, 15) is 9.18 Å². The second kappa shape index (κ2) is 5.59. The highest BCUT2D eigenvalue weighted by molar-refractivity contribution is 5.90. The average Bonchev–Trinajstić information content (AvgIpc) is 2.38. The number of halogens is 1. The van der Waals surface area contributed by atoms with Gasteiger partial charge in [-0.05, 0) is 50.7 Å². The molecule has 1 aromatic rings. The van der Waals surface area contributed by atoms with Gasteiger partial charge in [-0.3, -0.25) is 0 Å². The molecule has 1 aromatic carbocycles. The first-order chi connectivity index (χ1) is 8.97. The van der Waals surface area contributed by atoms with Crippen molar-refractivity contribution in [1.82, 2.24) is 0 Å². The highest BCUT2D eigenvalue weighted by Crippen LogP contribution is 2.26. The number of esters is 1. The Morgan fingerprint density at radius 1 is 1.32 bits per heavy atom. The fourth-order valence-corrected chi connectivity index (χ4v) is 2.38. The molecule has 0 aromatic heterocycles. The molecular formula is C15H20FNO2. The van der Waals surface area contributed by atoms with Crippen LogP contribution in [0.2, 0.25) is 0 Å². The summed E-state index contributed by atoms with van der Waals surface area (Å²) in [4.78, 5) is 12.0. The van der Waals surface area contributed by atoms with Crippen molar-refractivity contribution in [2.24, 2.45) is 5.92 Å². The highest BCUT2D eigenvalue weighted by atomic mass is 19.1. The average molecular weight is 265 g/mol. The van der Waals surface area contributed by atoms with Crippen LogP contribution < -0.4 is 5.73 Å². The van der Waals surface area contributed by atoms with Gasteiger partial charge in [0, 0.05) is 11.3 Å². The van der Waals surface area contributed by atoms with E-state index in [1.807, 2.05) is 0 Å². The maximum Gasteiger partial charge on any atom is 0.338 e. The second-order valence-corrected chi connectivity index (χ2v) is 5.46. The molecule has 2 rings (SSSR count). The fourth-order valence-electron chi connectivity index (χ4n) is 2.38. The van der Waals surface area contributed by atoms with Crippen molar-refractivity contribution >= 4 is 11.7 Å². The fraction of sp³-hybridized carbons (Fsp3) is 0.533. The Labute approximate surface area is 112 Å². The van der Waals surface area contributed by atoms with Crippen LogP contribution >= 0.6 is 0 Å². The highest BCUT2D eigenvalue weighted by Gasteiger charge is 2.22. The Balaban J connectivity index is 2.04. The number of ether oxygens (including phenoxy) is 1. The standard InChI is InChI=1S/C15H20FNO2/c1-9-3-5-12(6-4-9)19-15(18)11-7-13(16)10(2)14(17)8-11/h7-9,12H,3-6,17H2,1-2H3. The summed E-state index contributed by atoms with van der Waals surface area (Å²) in [6.07, 6.45) is 3.87. The van der Waals surface area contributed by atoms with Crippen molar-refractivity contribution in [1.29, 1.82) is 0 Å². The summed E-state index contributed by atoms with van der Waals surface area (Å²) in [6, 6.07) is 2.67. The van der Waals surface area contributed by atoms with Crippen LogP contribution in [0, 0.1) is 18.7 Å². The Kier molecular flexibility index (Phi) is 4.08. The van der Waals surface area contributed by atoms with Gasteiger partial charge in [-0.2, -0.15) is 0 Å². The topological polar surface area (TPSA) is 52.3 Å². The van der Waals surface area contributed by atoms with Crippen LogP contribution in [0.5, 0.6) is 0 Å².